The van der Waals surface area contributed by atoms with E-state index in [4.69, 9.17) is 0 Å². The molecular formula is C15H17NOS. The summed E-state index contributed by atoms with van der Waals surface area (Å²) in [5.41, 5.74) is 1.87. The van der Waals surface area contributed by atoms with Gasteiger partial charge in [-0.05, 0) is 0 Å². The standard InChI is InChI=1S/C15H17NOS/c1-10(17)12-13(15(2,3)4)16-14(18-12)11-8-6-5-7-9-11/h5-9H,1-4H3. The SMILES string of the molecule is CC(=O)c1sc(-c2ccccc2)nc1C(C)(C)C. The van der Waals surface area contributed by atoms with Crippen LogP contribution in [-0.2, 0) is 5.41 Å². The number of carbonyl (C=O) groups is 1. The monoisotopic (exact) mass is 259 g/mol. The molecule has 0 unspecified atom stereocenters. The van der Waals surface area contributed by atoms with Crippen LogP contribution in [0.4, 0.5) is 0 Å². The van der Waals surface area contributed by atoms with Crippen LogP contribution in [0.25, 0.3) is 10.6 Å². The van der Waals surface area contributed by atoms with Crippen molar-refractivity contribution in [3.63, 3.8) is 0 Å². The van der Waals surface area contributed by atoms with Crippen molar-refractivity contribution in [2.24, 2.45) is 0 Å². The topological polar surface area (TPSA) is 30.0 Å². The molecule has 94 valence electrons. The molecule has 0 aliphatic carbocycles. The Morgan fingerprint density at radius 3 is 2.22 bits per heavy atom. The molecule has 0 spiro atoms. The van der Waals surface area contributed by atoms with Crippen molar-refractivity contribution in [1.29, 1.82) is 0 Å². The molecule has 1 aromatic heterocycles. The third-order valence-corrected chi connectivity index (χ3v) is 3.88. The number of carbonyl (C=O) groups excluding carboxylic acids is 1. The fourth-order valence-electron chi connectivity index (χ4n) is 1.77. The van der Waals surface area contributed by atoms with Gasteiger partial charge in [-0.15, -0.1) is 11.3 Å². The van der Waals surface area contributed by atoms with Crippen LogP contribution in [0.2, 0.25) is 0 Å². The quantitative estimate of drug-likeness (QED) is 0.752. The van der Waals surface area contributed by atoms with E-state index in [2.05, 4.69) is 25.8 Å². The summed E-state index contributed by atoms with van der Waals surface area (Å²) in [7, 11) is 0. The van der Waals surface area contributed by atoms with Crippen LogP contribution >= 0.6 is 11.3 Å². The number of nitrogens with zero attached hydrogens (tertiary/aromatic N) is 1. The minimum Gasteiger partial charge on any atom is -0.294 e. The van der Waals surface area contributed by atoms with E-state index in [9.17, 15) is 4.79 Å². The van der Waals surface area contributed by atoms with E-state index in [0.717, 1.165) is 21.1 Å². The molecule has 0 fully saturated rings. The first-order valence-electron chi connectivity index (χ1n) is 5.97. The van der Waals surface area contributed by atoms with Gasteiger partial charge in [0.1, 0.15) is 5.01 Å². The highest BCUT2D eigenvalue weighted by molar-refractivity contribution is 7.17. The van der Waals surface area contributed by atoms with Crippen LogP contribution in [-0.4, -0.2) is 10.8 Å². The Bertz CT molecular complexity index is 564. The van der Waals surface area contributed by atoms with Gasteiger partial charge in [0.2, 0.25) is 0 Å². The van der Waals surface area contributed by atoms with Gasteiger partial charge in [-0.25, -0.2) is 4.98 Å². The number of aromatic nitrogens is 1. The summed E-state index contributed by atoms with van der Waals surface area (Å²) in [6.45, 7) is 7.87. The second-order valence-corrected chi connectivity index (χ2v) is 6.37. The summed E-state index contributed by atoms with van der Waals surface area (Å²) in [5, 5.41) is 0.922. The molecule has 0 atom stereocenters. The van der Waals surface area contributed by atoms with Crippen LogP contribution in [0.1, 0.15) is 43.1 Å². The minimum absolute atomic E-state index is 0.0969. The van der Waals surface area contributed by atoms with Crippen LogP contribution in [0.15, 0.2) is 30.3 Å². The van der Waals surface area contributed by atoms with Gasteiger partial charge in [-0.3, -0.25) is 4.79 Å². The van der Waals surface area contributed by atoms with Crippen LogP contribution in [0.5, 0.6) is 0 Å². The molecular weight excluding hydrogens is 242 g/mol. The predicted molar refractivity (Wildman–Crippen MR) is 76.3 cm³/mol. The second-order valence-electron chi connectivity index (χ2n) is 5.37. The molecule has 0 N–H and O–H groups in total. The lowest BCUT2D eigenvalue weighted by Crippen LogP contribution is -2.15. The summed E-state index contributed by atoms with van der Waals surface area (Å²) in [6, 6.07) is 10.00. The first kappa shape index (κ1) is 13.0. The first-order chi connectivity index (χ1) is 8.39. The maximum absolute atomic E-state index is 11.7. The molecule has 2 nitrogen and oxygen atoms in total. The van der Waals surface area contributed by atoms with Gasteiger partial charge in [0.25, 0.3) is 0 Å². The van der Waals surface area contributed by atoms with Crippen LogP contribution in [0.3, 0.4) is 0 Å². The zero-order valence-electron chi connectivity index (χ0n) is 11.2. The van der Waals surface area contributed by atoms with Crippen molar-refractivity contribution < 1.29 is 4.79 Å². The number of ketones is 1. The van der Waals surface area contributed by atoms with Crippen LogP contribution < -0.4 is 0 Å². The molecule has 1 heterocycles. The molecule has 2 aromatic rings. The number of thiazole rings is 1. The summed E-state index contributed by atoms with van der Waals surface area (Å²) < 4.78 is 0. The highest BCUT2D eigenvalue weighted by Crippen LogP contribution is 2.34. The minimum atomic E-state index is -0.107. The molecule has 18 heavy (non-hydrogen) atoms. The van der Waals surface area contributed by atoms with Crippen molar-refractivity contribution in [2.75, 3.05) is 0 Å². The first-order valence-corrected chi connectivity index (χ1v) is 6.79. The molecule has 2 rings (SSSR count). The van der Waals surface area contributed by atoms with Gasteiger partial charge in [0, 0.05) is 17.9 Å². The average Bonchev–Trinajstić information content (AvgIpc) is 2.74. The summed E-state index contributed by atoms with van der Waals surface area (Å²) in [6.07, 6.45) is 0. The predicted octanol–water partition coefficient (Wildman–Crippen LogP) is 4.31. The Morgan fingerprint density at radius 1 is 1.17 bits per heavy atom. The third-order valence-electron chi connectivity index (χ3n) is 2.68. The van der Waals surface area contributed by atoms with Gasteiger partial charge in [-0.1, -0.05) is 51.1 Å². The zero-order valence-corrected chi connectivity index (χ0v) is 12.0. The lowest BCUT2D eigenvalue weighted by molar-refractivity contribution is 0.101. The Morgan fingerprint density at radius 2 is 1.78 bits per heavy atom. The van der Waals surface area contributed by atoms with Crippen molar-refractivity contribution >= 4 is 17.1 Å². The molecule has 3 heteroatoms. The third kappa shape index (κ3) is 2.51. The second kappa shape index (κ2) is 4.65. The van der Waals surface area contributed by atoms with E-state index < -0.39 is 0 Å². The summed E-state index contributed by atoms with van der Waals surface area (Å²) >= 11 is 1.49. The number of hydrogen-bond acceptors (Lipinski definition) is 3. The molecule has 0 aliphatic rings. The normalized spacial score (nSPS) is 11.6. The number of rotatable bonds is 2. The van der Waals surface area contributed by atoms with Crippen molar-refractivity contribution in [3.8, 4) is 10.6 Å². The summed E-state index contributed by atoms with van der Waals surface area (Å²) in [5.74, 6) is 0.0969. The summed E-state index contributed by atoms with van der Waals surface area (Å²) in [4.78, 5) is 17.2. The van der Waals surface area contributed by atoms with Gasteiger partial charge in [-0.2, -0.15) is 0 Å². The molecule has 0 amide bonds. The molecule has 0 bridgehead atoms. The van der Waals surface area contributed by atoms with E-state index in [1.165, 1.54) is 11.3 Å². The lowest BCUT2D eigenvalue weighted by atomic mass is 9.90. The van der Waals surface area contributed by atoms with E-state index in [-0.39, 0.29) is 11.2 Å². The van der Waals surface area contributed by atoms with Gasteiger partial charge >= 0.3 is 0 Å². The Labute approximate surface area is 112 Å². The highest BCUT2D eigenvalue weighted by atomic mass is 32.1. The van der Waals surface area contributed by atoms with Crippen LogP contribution in [0, 0.1) is 0 Å². The van der Waals surface area contributed by atoms with E-state index >= 15 is 0 Å². The van der Waals surface area contributed by atoms with E-state index in [1.807, 2.05) is 30.3 Å². The smallest absolute Gasteiger partial charge is 0.171 e. The Balaban J connectivity index is 2.57. The molecule has 0 aliphatic heterocycles. The van der Waals surface area contributed by atoms with Gasteiger partial charge < -0.3 is 0 Å². The zero-order chi connectivity index (χ0) is 13.3. The molecule has 0 saturated carbocycles. The van der Waals surface area contributed by atoms with Crippen molar-refractivity contribution in [3.05, 3.63) is 40.9 Å². The maximum Gasteiger partial charge on any atom is 0.171 e. The lowest BCUT2D eigenvalue weighted by Gasteiger charge is -2.16. The van der Waals surface area contributed by atoms with E-state index in [0.29, 0.717) is 0 Å². The Kier molecular flexibility index (Phi) is 3.35. The maximum atomic E-state index is 11.7. The van der Waals surface area contributed by atoms with Crippen molar-refractivity contribution in [1.82, 2.24) is 4.98 Å². The number of hydrogen-bond donors (Lipinski definition) is 0. The molecule has 0 saturated heterocycles. The van der Waals surface area contributed by atoms with Gasteiger partial charge in [0.15, 0.2) is 5.78 Å². The number of benzene rings is 1. The van der Waals surface area contributed by atoms with Gasteiger partial charge in [0.05, 0.1) is 10.6 Å². The van der Waals surface area contributed by atoms with E-state index in [1.54, 1.807) is 6.92 Å². The largest absolute Gasteiger partial charge is 0.294 e. The molecule has 0 radical (unpaired) electrons. The Hall–Kier alpha value is -1.48. The fraction of sp³-hybridized carbons (Fsp3) is 0.333. The molecule has 1 aromatic carbocycles. The fourth-order valence-corrected chi connectivity index (χ4v) is 2.95. The van der Waals surface area contributed by atoms with Crippen molar-refractivity contribution in [2.45, 2.75) is 33.1 Å². The average molecular weight is 259 g/mol. The highest BCUT2D eigenvalue weighted by Gasteiger charge is 2.25. The number of Topliss-reactive ketones (excluding diaryl/α,β-unsaturated/α-hetero) is 1.